The zero-order valence-electron chi connectivity index (χ0n) is 19.9. The molecule has 0 aliphatic carbocycles. The van der Waals surface area contributed by atoms with Crippen LogP contribution in [0.3, 0.4) is 0 Å². The molecule has 0 heterocycles. The zero-order chi connectivity index (χ0) is 20.9. The lowest BCUT2D eigenvalue weighted by molar-refractivity contribution is -0.123. The second-order valence-corrected chi connectivity index (χ2v) is 8.41. The normalized spacial score (nSPS) is 12.5. The molecule has 3 heteroatoms. The van der Waals surface area contributed by atoms with Crippen LogP contribution in [0.1, 0.15) is 137 Å². The van der Waals surface area contributed by atoms with Crippen molar-refractivity contribution >= 4 is 5.91 Å². The minimum Gasteiger partial charge on any atom is -0.341 e. The number of carbonyl (C=O) groups excluding carboxylic acids is 1. The van der Waals surface area contributed by atoms with Crippen molar-refractivity contribution in [3.63, 3.8) is 0 Å². The lowest BCUT2D eigenvalue weighted by Crippen LogP contribution is -2.47. The molecule has 0 saturated carbocycles. The number of nitrogens with one attached hydrogen (secondary N) is 1. The molecule has 0 aromatic heterocycles. The zero-order valence-corrected chi connectivity index (χ0v) is 19.9. The fourth-order valence-corrected chi connectivity index (χ4v) is 4.03. The van der Waals surface area contributed by atoms with E-state index in [2.05, 4.69) is 37.9 Å². The van der Waals surface area contributed by atoms with Gasteiger partial charge < -0.3 is 5.32 Å². The van der Waals surface area contributed by atoms with Gasteiger partial charge in [0.05, 0.1) is 6.17 Å². The maximum absolute atomic E-state index is 12.1. The average Bonchev–Trinajstić information content (AvgIpc) is 2.70. The van der Waals surface area contributed by atoms with Crippen molar-refractivity contribution < 1.29 is 4.79 Å². The van der Waals surface area contributed by atoms with E-state index in [9.17, 15) is 4.79 Å². The third-order valence-electron chi connectivity index (χ3n) is 5.97. The van der Waals surface area contributed by atoms with Crippen LogP contribution < -0.4 is 5.32 Å². The molecule has 1 amide bonds. The van der Waals surface area contributed by atoms with Crippen molar-refractivity contribution in [3.8, 4) is 0 Å². The van der Waals surface area contributed by atoms with Crippen LogP contribution in [0.25, 0.3) is 0 Å². The number of nitrogens with zero attached hydrogens (tertiary/aromatic N) is 1. The van der Waals surface area contributed by atoms with Crippen LogP contribution in [0, 0.1) is 0 Å². The molecule has 1 atom stereocenters. The molecule has 3 nitrogen and oxygen atoms in total. The Hall–Kier alpha value is -0.570. The standard InChI is InChI=1S/C25H52N2O/c1-5-9-10-11-12-13-14-15-16-17-18-19-20-21-22-23-25(28)26-24(6-2)27(7-3)8-4/h24H,5-23H2,1-4H3,(H,26,28). The molecule has 28 heavy (non-hydrogen) atoms. The van der Waals surface area contributed by atoms with Gasteiger partial charge in [0.1, 0.15) is 0 Å². The van der Waals surface area contributed by atoms with Crippen LogP contribution in [0.4, 0.5) is 0 Å². The van der Waals surface area contributed by atoms with Crippen LogP contribution in [0.2, 0.25) is 0 Å². The van der Waals surface area contributed by atoms with Crippen LogP contribution in [0.15, 0.2) is 0 Å². The summed E-state index contributed by atoms with van der Waals surface area (Å²) in [5, 5.41) is 3.21. The van der Waals surface area contributed by atoms with Gasteiger partial charge in [-0.05, 0) is 25.9 Å². The summed E-state index contributed by atoms with van der Waals surface area (Å²) in [6.07, 6.45) is 22.4. The summed E-state index contributed by atoms with van der Waals surface area (Å²) < 4.78 is 0. The van der Waals surface area contributed by atoms with Crippen LogP contribution in [-0.2, 0) is 4.79 Å². The molecular weight excluding hydrogens is 344 g/mol. The number of unbranched alkanes of at least 4 members (excludes halogenated alkanes) is 14. The van der Waals surface area contributed by atoms with E-state index in [0.717, 1.165) is 25.9 Å². The van der Waals surface area contributed by atoms with Gasteiger partial charge in [0.2, 0.25) is 5.91 Å². The Balaban J connectivity index is 3.39. The van der Waals surface area contributed by atoms with Gasteiger partial charge >= 0.3 is 0 Å². The molecule has 0 radical (unpaired) electrons. The Kier molecular flexibility index (Phi) is 20.7. The second kappa shape index (κ2) is 21.1. The van der Waals surface area contributed by atoms with Crippen molar-refractivity contribution in [1.82, 2.24) is 10.2 Å². The van der Waals surface area contributed by atoms with Gasteiger partial charge in [0, 0.05) is 6.42 Å². The molecule has 1 N–H and O–H groups in total. The molecule has 0 aromatic carbocycles. The van der Waals surface area contributed by atoms with Gasteiger partial charge in [-0.1, -0.05) is 118 Å². The number of carbonyl (C=O) groups is 1. The highest BCUT2D eigenvalue weighted by Crippen LogP contribution is 2.13. The fraction of sp³-hybridized carbons (Fsp3) is 0.960. The summed E-state index contributed by atoms with van der Waals surface area (Å²) in [5.74, 6) is 0.230. The van der Waals surface area contributed by atoms with E-state index < -0.39 is 0 Å². The predicted octanol–water partition coefficient (Wildman–Crippen LogP) is 7.44. The van der Waals surface area contributed by atoms with Crippen molar-refractivity contribution in [1.29, 1.82) is 0 Å². The molecule has 0 aliphatic rings. The Morgan fingerprint density at radius 2 is 1.04 bits per heavy atom. The third-order valence-corrected chi connectivity index (χ3v) is 5.97. The SMILES string of the molecule is CCCCCCCCCCCCCCCCCC(=O)NC(CC)N(CC)CC. The van der Waals surface area contributed by atoms with Crippen molar-refractivity contribution in [2.24, 2.45) is 0 Å². The van der Waals surface area contributed by atoms with Gasteiger partial charge in [0.15, 0.2) is 0 Å². The molecule has 0 aromatic rings. The number of rotatable bonds is 21. The van der Waals surface area contributed by atoms with Gasteiger partial charge in [-0.2, -0.15) is 0 Å². The molecule has 0 saturated heterocycles. The Morgan fingerprint density at radius 1 is 0.643 bits per heavy atom. The Bertz CT molecular complexity index is 329. The molecule has 0 aliphatic heterocycles. The van der Waals surface area contributed by atoms with Crippen LogP contribution in [0.5, 0.6) is 0 Å². The minimum atomic E-state index is 0.207. The summed E-state index contributed by atoms with van der Waals surface area (Å²) in [7, 11) is 0. The first-order valence-electron chi connectivity index (χ1n) is 12.7. The molecular formula is C25H52N2O. The van der Waals surface area contributed by atoms with E-state index >= 15 is 0 Å². The highest BCUT2D eigenvalue weighted by atomic mass is 16.1. The fourth-order valence-electron chi connectivity index (χ4n) is 4.03. The largest absolute Gasteiger partial charge is 0.341 e. The lowest BCUT2D eigenvalue weighted by Gasteiger charge is -2.29. The van der Waals surface area contributed by atoms with Crippen LogP contribution in [-0.4, -0.2) is 30.1 Å². The summed E-state index contributed by atoms with van der Waals surface area (Å²) in [4.78, 5) is 14.5. The maximum atomic E-state index is 12.1. The first kappa shape index (κ1) is 27.4. The Morgan fingerprint density at radius 3 is 1.39 bits per heavy atom. The summed E-state index contributed by atoms with van der Waals surface area (Å²) in [5.41, 5.74) is 0. The first-order valence-corrected chi connectivity index (χ1v) is 12.7. The third kappa shape index (κ3) is 16.4. The average molecular weight is 397 g/mol. The summed E-state index contributed by atoms with van der Waals surface area (Å²) >= 11 is 0. The highest BCUT2D eigenvalue weighted by Gasteiger charge is 2.15. The molecule has 0 spiro atoms. The van der Waals surface area contributed by atoms with Gasteiger partial charge in [-0.3, -0.25) is 9.69 Å². The topological polar surface area (TPSA) is 32.3 Å². The quantitative estimate of drug-likeness (QED) is 0.161. The minimum absolute atomic E-state index is 0.207. The second-order valence-electron chi connectivity index (χ2n) is 8.41. The van der Waals surface area contributed by atoms with Gasteiger partial charge in [-0.15, -0.1) is 0 Å². The molecule has 0 bridgehead atoms. The van der Waals surface area contributed by atoms with E-state index in [4.69, 9.17) is 0 Å². The Labute approximate surface area is 177 Å². The van der Waals surface area contributed by atoms with E-state index in [1.54, 1.807) is 0 Å². The van der Waals surface area contributed by atoms with E-state index in [-0.39, 0.29) is 12.1 Å². The van der Waals surface area contributed by atoms with Crippen molar-refractivity contribution in [2.75, 3.05) is 13.1 Å². The molecule has 0 fully saturated rings. The van der Waals surface area contributed by atoms with Gasteiger partial charge in [0.25, 0.3) is 0 Å². The first-order chi connectivity index (χ1) is 13.7. The summed E-state index contributed by atoms with van der Waals surface area (Å²) in [6.45, 7) is 10.7. The summed E-state index contributed by atoms with van der Waals surface area (Å²) in [6, 6.07) is 0. The molecule has 0 rings (SSSR count). The van der Waals surface area contributed by atoms with Crippen molar-refractivity contribution in [2.45, 2.75) is 143 Å². The highest BCUT2D eigenvalue weighted by molar-refractivity contribution is 5.76. The number of hydrogen-bond donors (Lipinski definition) is 1. The van der Waals surface area contributed by atoms with Gasteiger partial charge in [-0.25, -0.2) is 0 Å². The number of amides is 1. The predicted molar refractivity (Wildman–Crippen MR) is 125 cm³/mol. The monoisotopic (exact) mass is 396 g/mol. The van der Waals surface area contributed by atoms with Crippen molar-refractivity contribution in [3.05, 3.63) is 0 Å². The van der Waals surface area contributed by atoms with E-state index in [1.165, 1.54) is 89.9 Å². The van der Waals surface area contributed by atoms with E-state index in [1.807, 2.05) is 0 Å². The maximum Gasteiger partial charge on any atom is 0.221 e. The van der Waals surface area contributed by atoms with Crippen LogP contribution >= 0.6 is 0 Å². The molecule has 168 valence electrons. The van der Waals surface area contributed by atoms with E-state index in [0.29, 0.717) is 6.42 Å². The lowest BCUT2D eigenvalue weighted by atomic mass is 10.0. The molecule has 1 unspecified atom stereocenters. The number of hydrogen-bond acceptors (Lipinski definition) is 2. The smallest absolute Gasteiger partial charge is 0.221 e.